The van der Waals surface area contributed by atoms with Crippen molar-refractivity contribution in [3.05, 3.63) is 42.5 Å². The molecule has 1 aromatic carbocycles. The Hall–Kier alpha value is -4.04. The van der Waals surface area contributed by atoms with Gasteiger partial charge in [-0.25, -0.2) is 13.4 Å². The summed E-state index contributed by atoms with van der Waals surface area (Å²) in [5.41, 5.74) is -0.391. The Balaban J connectivity index is 1.10. The fourth-order valence-corrected chi connectivity index (χ4v) is 11.7. The van der Waals surface area contributed by atoms with Crippen LogP contribution in [0, 0.1) is 34.5 Å². The van der Waals surface area contributed by atoms with Crippen molar-refractivity contribution in [3.8, 4) is 11.6 Å². The number of nitrogens with one attached hydrogen (secondary N) is 1. The number of benzene rings is 1. The van der Waals surface area contributed by atoms with Gasteiger partial charge in [0.1, 0.15) is 18.0 Å². The summed E-state index contributed by atoms with van der Waals surface area (Å²) in [5.74, 6) is -0.930. The summed E-state index contributed by atoms with van der Waals surface area (Å²) in [5, 5.41) is 0.908. The molecule has 350 valence electrons. The van der Waals surface area contributed by atoms with E-state index in [1.165, 1.54) is 4.90 Å². The second-order valence-electron chi connectivity index (χ2n) is 21.1. The lowest BCUT2D eigenvalue weighted by Gasteiger charge is -2.34. The van der Waals surface area contributed by atoms with Crippen LogP contribution in [0.3, 0.4) is 0 Å². The van der Waals surface area contributed by atoms with Crippen LogP contribution in [0.2, 0.25) is 0 Å². The molecule has 3 aliphatic carbocycles. The first-order valence-corrected chi connectivity index (χ1v) is 25.5. The molecule has 2 amide bonds. The maximum Gasteiger partial charge on any atom is 0.306 e. The van der Waals surface area contributed by atoms with Crippen molar-refractivity contribution >= 4 is 44.5 Å². The molecule has 2 saturated heterocycles. The Bertz CT molecular complexity index is 2210. The second kappa shape index (κ2) is 18.7. The van der Waals surface area contributed by atoms with Crippen LogP contribution in [-0.4, -0.2) is 91.2 Å². The van der Waals surface area contributed by atoms with Gasteiger partial charge in [0, 0.05) is 31.4 Å². The lowest BCUT2D eigenvalue weighted by molar-refractivity contribution is -0.154. The smallest absolute Gasteiger partial charge is 0.306 e. The van der Waals surface area contributed by atoms with E-state index in [1.54, 1.807) is 13.0 Å². The van der Waals surface area contributed by atoms with Crippen LogP contribution in [0.15, 0.2) is 36.9 Å². The predicted molar refractivity (Wildman–Crippen MR) is 242 cm³/mol. The van der Waals surface area contributed by atoms with Crippen LogP contribution in [0.25, 0.3) is 10.9 Å². The van der Waals surface area contributed by atoms with Gasteiger partial charge in [0.25, 0.3) is 0 Å². The summed E-state index contributed by atoms with van der Waals surface area (Å²) in [6, 6.07) is 6.90. The van der Waals surface area contributed by atoms with E-state index < -0.39 is 61.5 Å². The zero-order chi connectivity index (χ0) is 45.4. The highest BCUT2D eigenvalue weighted by Crippen LogP contribution is 2.57. The van der Waals surface area contributed by atoms with E-state index >= 15 is 0 Å². The zero-order valence-corrected chi connectivity index (χ0v) is 39.2. The van der Waals surface area contributed by atoms with Gasteiger partial charge in [-0.05, 0) is 113 Å². The molecule has 2 aromatic rings. The number of carbonyl (C=O) groups excluding carboxylic acids is 4. The molecule has 7 atom stereocenters. The summed E-state index contributed by atoms with van der Waals surface area (Å²) in [6.07, 6.45) is 12.2. The predicted octanol–water partition coefficient (Wildman–Crippen LogP) is 7.81. The van der Waals surface area contributed by atoms with Crippen LogP contribution in [0.5, 0.6) is 11.6 Å². The van der Waals surface area contributed by atoms with Gasteiger partial charge in [-0.2, -0.15) is 0 Å². The third-order valence-corrected chi connectivity index (χ3v) is 17.4. The fraction of sp³-hybridized carbons (Fsp3) is 0.700. The maximum atomic E-state index is 15.0. The van der Waals surface area contributed by atoms with Crippen molar-refractivity contribution in [2.45, 2.75) is 160 Å². The lowest BCUT2D eigenvalue weighted by Crippen LogP contribution is -2.49. The minimum absolute atomic E-state index is 0.0503. The number of hydrogen-bond acceptors (Lipinski definition) is 11. The highest BCUT2D eigenvalue weighted by atomic mass is 32.2. The van der Waals surface area contributed by atoms with Crippen molar-refractivity contribution in [2.75, 3.05) is 26.4 Å². The van der Waals surface area contributed by atoms with Crippen molar-refractivity contribution in [3.63, 3.8) is 0 Å². The Morgan fingerprint density at radius 3 is 2.52 bits per heavy atom. The van der Waals surface area contributed by atoms with Crippen molar-refractivity contribution in [1.82, 2.24) is 14.6 Å². The zero-order valence-electron chi connectivity index (χ0n) is 38.4. The first-order chi connectivity index (χ1) is 30.5. The first-order valence-electron chi connectivity index (χ1n) is 24.0. The van der Waals surface area contributed by atoms with Crippen molar-refractivity contribution in [1.29, 1.82) is 0 Å². The topological polar surface area (TPSA) is 168 Å². The number of aromatic nitrogens is 1. The molecule has 0 radical (unpaired) electrons. The number of para-hydroxylation sites is 1. The van der Waals surface area contributed by atoms with E-state index in [4.69, 9.17) is 23.9 Å². The van der Waals surface area contributed by atoms with Crippen LogP contribution >= 0.6 is 0 Å². The highest BCUT2D eigenvalue weighted by Gasteiger charge is 2.62. The van der Waals surface area contributed by atoms with Gasteiger partial charge in [0.05, 0.1) is 52.8 Å². The Kier molecular flexibility index (Phi) is 13.6. The fourth-order valence-electron chi connectivity index (χ4n) is 10.3. The van der Waals surface area contributed by atoms with Gasteiger partial charge in [-0.1, -0.05) is 58.2 Å². The molecule has 14 heteroatoms. The van der Waals surface area contributed by atoms with Gasteiger partial charge < -0.3 is 23.8 Å². The average Bonchev–Trinajstić information content (AvgIpc) is 4.22. The number of fused-ring (bicyclic) bond motifs is 5. The number of carbonyl (C=O) groups is 4. The molecule has 0 spiro atoms. The molecule has 0 unspecified atom stereocenters. The van der Waals surface area contributed by atoms with E-state index in [0.29, 0.717) is 43.6 Å². The minimum atomic E-state index is -3.97. The lowest BCUT2D eigenvalue weighted by atomic mass is 9.77. The van der Waals surface area contributed by atoms with E-state index in [1.807, 2.05) is 45.0 Å². The van der Waals surface area contributed by atoms with Crippen LogP contribution in [-0.2, 0) is 45.1 Å². The first kappa shape index (κ1) is 46.5. The molecular weight excluding hydrogens is 835 g/mol. The number of amides is 2. The second-order valence-corrected chi connectivity index (χ2v) is 23.3. The SMILES string of the molecule is C=C[C@@H]1C[C@]1(CC(=O)[C@@H]1C[C@@H]2CN1C(=O)[C@H](C(C)(C)C)CC(=O)O[C@@H]1C[C@H]1CCCCCc1c(nc3ccccc3c1OCCCCC1CCOCC1)O2)C(=O)NS(=O)(=O)C1(C)CC1. The number of nitrogens with zero attached hydrogens (tertiary/aromatic N) is 2. The van der Waals surface area contributed by atoms with Gasteiger partial charge in [0.2, 0.25) is 27.7 Å². The normalized spacial score (nSPS) is 29.8. The number of rotatable bonds is 13. The van der Waals surface area contributed by atoms with Gasteiger partial charge in [0.15, 0.2) is 5.78 Å². The number of pyridine rings is 1. The van der Waals surface area contributed by atoms with Crippen molar-refractivity contribution < 1.29 is 46.5 Å². The molecule has 8 rings (SSSR count). The molecule has 1 aromatic heterocycles. The number of hydrogen-bond donors (Lipinski definition) is 1. The van der Waals surface area contributed by atoms with Gasteiger partial charge in [-0.15, -0.1) is 6.58 Å². The summed E-state index contributed by atoms with van der Waals surface area (Å²) in [4.78, 5) is 63.8. The van der Waals surface area contributed by atoms with Crippen molar-refractivity contribution in [2.24, 2.45) is 34.5 Å². The average molecular weight is 904 g/mol. The number of ether oxygens (including phenoxy) is 4. The molecule has 4 heterocycles. The van der Waals surface area contributed by atoms with E-state index in [-0.39, 0.29) is 50.0 Å². The third kappa shape index (κ3) is 10.2. The Morgan fingerprint density at radius 1 is 1.03 bits per heavy atom. The Labute approximate surface area is 379 Å². The number of unbranched alkanes of at least 4 members (excludes halogenated alkanes) is 1. The van der Waals surface area contributed by atoms with Gasteiger partial charge >= 0.3 is 5.97 Å². The summed E-state index contributed by atoms with van der Waals surface area (Å²) >= 11 is 0. The molecule has 5 fully saturated rings. The van der Waals surface area contributed by atoms with E-state index in [9.17, 15) is 27.6 Å². The standard InChI is InChI=1S/C50H69N3O10S/c1-6-34-29-50(34,47(57)52-64(58,59)49(5)21-22-49)30-41(54)40-27-35-31-53(40)46(56)38(48(2,3)4)28-43(55)63-42-26-33(42)15-8-7-9-17-37-44(36-16-10-11-18-39(36)51-45(37)62-35)61-23-13-12-14-32-19-24-60-25-20-32/h6,10-11,16,18,32-35,38,40,42H,1,7-9,12-15,17,19-31H2,2-5H3,(H,52,57)/t33-,34-,35-,38-,40+,42-,50-/m1/s1. The molecule has 3 aliphatic heterocycles. The number of esters is 1. The molecular formula is C50H69N3O10S. The molecule has 1 N–H and O–H groups in total. The van der Waals surface area contributed by atoms with E-state index in [2.05, 4.69) is 11.3 Å². The molecule has 13 nitrogen and oxygen atoms in total. The summed E-state index contributed by atoms with van der Waals surface area (Å²) in [7, 11) is -3.97. The molecule has 3 saturated carbocycles. The largest absolute Gasteiger partial charge is 0.492 e. The Morgan fingerprint density at radius 2 is 1.80 bits per heavy atom. The highest BCUT2D eigenvalue weighted by molar-refractivity contribution is 7.91. The summed E-state index contributed by atoms with van der Waals surface area (Å²) in [6.45, 7) is 13.5. The number of ketones is 1. The summed E-state index contributed by atoms with van der Waals surface area (Å²) < 4.78 is 52.9. The molecule has 6 aliphatic rings. The monoisotopic (exact) mass is 903 g/mol. The quantitative estimate of drug-likeness (QED) is 0.118. The maximum absolute atomic E-state index is 15.0. The molecule has 64 heavy (non-hydrogen) atoms. The van der Waals surface area contributed by atoms with E-state index in [0.717, 1.165) is 99.6 Å². The van der Waals surface area contributed by atoms with Gasteiger partial charge in [-0.3, -0.25) is 23.9 Å². The number of sulfonamides is 1. The van der Waals surface area contributed by atoms with Crippen LogP contribution in [0.1, 0.15) is 136 Å². The molecule has 2 bridgehead atoms. The van der Waals surface area contributed by atoms with Crippen LogP contribution in [0.4, 0.5) is 0 Å². The van der Waals surface area contributed by atoms with Crippen LogP contribution < -0.4 is 14.2 Å². The number of Topliss-reactive ketones (excluding diaryl/α,β-unsaturated/α-hetero) is 1. The minimum Gasteiger partial charge on any atom is -0.492 e. The number of allylic oxidation sites excluding steroid dienone is 1. The third-order valence-electron chi connectivity index (χ3n) is 15.2.